The van der Waals surface area contributed by atoms with Gasteiger partial charge in [0.05, 0.1) is 30.1 Å². The van der Waals surface area contributed by atoms with Crippen LogP contribution in [0.15, 0.2) is 48.5 Å². The minimum atomic E-state index is -3.38. The molecule has 35 heavy (non-hydrogen) atoms. The molecular weight excluding hydrogens is 471 g/mol. The summed E-state index contributed by atoms with van der Waals surface area (Å²) < 4.78 is 51.1. The molecule has 2 bridgehead atoms. The van der Waals surface area contributed by atoms with Gasteiger partial charge in [-0.2, -0.15) is 9.57 Å². The number of ether oxygens (including phenoxy) is 2. The van der Waals surface area contributed by atoms with Crippen LogP contribution in [0, 0.1) is 17.1 Å². The molecular formula is C25H31FN4O4S. The van der Waals surface area contributed by atoms with Gasteiger partial charge >= 0.3 is 0 Å². The summed E-state index contributed by atoms with van der Waals surface area (Å²) in [5.74, 6) is 0.371. The number of benzene rings is 2. The SMILES string of the molecule is CS(=O)(=O)N(CCOc1ccc(C#N)cc1)CCN1CC2CN(Cc3ccc(F)cc3)CC(C1)O2. The maximum absolute atomic E-state index is 13.2. The number of sulfonamides is 1. The molecule has 2 aliphatic heterocycles. The van der Waals surface area contributed by atoms with Gasteiger partial charge in [-0.15, -0.1) is 0 Å². The van der Waals surface area contributed by atoms with Gasteiger partial charge in [-0.25, -0.2) is 12.8 Å². The van der Waals surface area contributed by atoms with Gasteiger partial charge in [0.25, 0.3) is 0 Å². The Morgan fingerprint density at radius 1 is 1.03 bits per heavy atom. The lowest BCUT2D eigenvalue weighted by Gasteiger charge is -2.46. The van der Waals surface area contributed by atoms with Gasteiger partial charge in [0, 0.05) is 52.4 Å². The summed E-state index contributed by atoms with van der Waals surface area (Å²) in [5, 5.41) is 8.88. The zero-order valence-corrected chi connectivity index (χ0v) is 20.7. The third kappa shape index (κ3) is 7.46. The van der Waals surface area contributed by atoms with Crippen molar-refractivity contribution in [2.45, 2.75) is 18.8 Å². The van der Waals surface area contributed by atoms with E-state index in [1.807, 2.05) is 12.1 Å². The lowest BCUT2D eigenvalue weighted by Crippen LogP contribution is -2.60. The first-order valence-electron chi connectivity index (χ1n) is 11.7. The highest BCUT2D eigenvalue weighted by Crippen LogP contribution is 2.21. The van der Waals surface area contributed by atoms with Crippen molar-refractivity contribution in [1.29, 1.82) is 5.26 Å². The van der Waals surface area contributed by atoms with Gasteiger partial charge in [0.2, 0.25) is 10.0 Å². The highest BCUT2D eigenvalue weighted by molar-refractivity contribution is 7.88. The van der Waals surface area contributed by atoms with E-state index in [0.717, 1.165) is 38.3 Å². The van der Waals surface area contributed by atoms with E-state index in [4.69, 9.17) is 14.7 Å². The summed E-state index contributed by atoms with van der Waals surface area (Å²) in [6, 6.07) is 15.4. The van der Waals surface area contributed by atoms with Crippen LogP contribution >= 0.6 is 0 Å². The number of morpholine rings is 2. The van der Waals surface area contributed by atoms with Crippen LogP contribution in [0.3, 0.4) is 0 Å². The molecule has 2 aliphatic rings. The summed E-state index contributed by atoms with van der Waals surface area (Å²) in [4.78, 5) is 4.61. The molecule has 2 unspecified atom stereocenters. The average Bonchev–Trinajstić information content (AvgIpc) is 2.82. The van der Waals surface area contributed by atoms with Crippen LogP contribution in [0.5, 0.6) is 5.75 Å². The minimum Gasteiger partial charge on any atom is -0.492 e. The molecule has 2 fully saturated rings. The molecule has 2 heterocycles. The highest BCUT2D eigenvalue weighted by Gasteiger charge is 2.35. The van der Waals surface area contributed by atoms with Crippen molar-refractivity contribution in [2.75, 3.05) is 58.7 Å². The summed E-state index contributed by atoms with van der Waals surface area (Å²) in [7, 11) is -3.38. The summed E-state index contributed by atoms with van der Waals surface area (Å²) >= 11 is 0. The Labute approximate surface area is 206 Å². The second-order valence-electron chi connectivity index (χ2n) is 9.11. The zero-order valence-electron chi connectivity index (χ0n) is 19.8. The van der Waals surface area contributed by atoms with Gasteiger partial charge in [0.1, 0.15) is 18.2 Å². The van der Waals surface area contributed by atoms with E-state index in [9.17, 15) is 12.8 Å². The Morgan fingerprint density at radius 3 is 2.26 bits per heavy atom. The van der Waals surface area contributed by atoms with Gasteiger partial charge in [-0.3, -0.25) is 9.80 Å². The van der Waals surface area contributed by atoms with Crippen molar-refractivity contribution < 1.29 is 22.3 Å². The predicted molar refractivity (Wildman–Crippen MR) is 130 cm³/mol. The van der Waals surface area contributed by atoms with E-state index in [2.05, 4.69) is 15.9 Å². The third-order valence-electron chi connectivity index (χ3n) is 6.28. The fourth-order valence-electron chi connectivity index (χ4n) is 4.61. The monoisotopic (exact) mass is 502 g/mol. The molecule has 0 saturated carbocycles. The zero-order chi connectivity index (χ0) is 24.8. The fourth-order valence-corrected chi connectivity index (χ4v) is 5.43. The molecule has 8 nitrogen and oxygen atoms in total. The third-order valence-corrected chi connectivity index (χ3v) is 7.58. The number of nitrogens with zero attached hydrogens (tertiary/aromatic N) is 4. The molecule has 188 valence electrons. The van der Waals surface area contributed by atoms with E-state index in [1.54, 1.807) is 24.3 Å². The molecule has 0 amide bonds. The van der Waals surface area contributed by atoms with Crippen LogP contribution in [-0.4, -0.2) is 93.4 Å². The topological polar surface area (TPSA) is 86.1 Å². The molecule has 0 radical (unpaired) electrons. The summed E-state index contributed by atoms with van der Waals surface area (Å²) in [6.07, 6.45) is 1.35. The molecule has 2 saturated heterocycles. The van der Waals surface area contributed by atoms with Crippen LogP contribution in [0.1, 0.15) is 11.1 Å². The second-order valence-corrected chi connectivity index (χ2v) is 11.1. The van der Waals surface area contributed by atoms with E-state index in [0.29, 0.717) is 24.4 Å². The Morgan fingerprint density at radius 2 is 1.66 bits per heavy atom. The van der Waals surface area contributed by atoms with Crippen LogP contribution < -0.4 is 4.74 Å². The first kappa shape index (κ1) is 25.5. The molecule has 2 atom stereocenters. The van der Waals surface area contributed by atoms with Crippen LogP contribution in [0.25, 0.3) is 0 Å². The summed E-state index contributed by atoms with van der Waals surface area (Å²) in [5.41, 5.74) is 1.62. The lowest BCUT2D eigenvalue weighted by atomic mass is 10.1. The minimum absolute atomic E-state index is 0.0642. The smallest absolute Gasteiger partial charge is 0.211 e. The van der Waals surface area contributed by atoms with E-state index in [1.165, 1.54) is 22.7 Å². The normalized spacial score (nSPS) is 21.1. The number of rotatable bonds is 10. The van der Waals surface area contributed by atoms with Crippen molar-refractivity contribution in [3.05, 3.63) is 65.5 Å². The van der Waals surface area contributed by atoms with E-state index >= 15 is 0 Å². The lowest BCUT2D eigenvalue weighted by molar-refractivity contribution is -0.140. The van der Waals surface area contributed by atoms with Crippen molar-refractivity contribution in [1.82, 2.24) is 14.1 Å². The van der Waals surface area contributed by atoms with Gasteiger partial charge in [-0.05, 0) is 42.0 Å². The van der Waals surface area contributed by atoms with Crippen molar-refractivity contribution in [3.63, 3.8) is 0 Å². The van der Waals surface area contributed by atoms with Crippen LogP contribution in [-0.2, 0) is 21.3 Å². The van der Waals surface area contributed by atoms with Gasteiger partial charge in [0.15, 0.2) is 0 Å². The molecule has 0 spiro atoms. The van der Waals surface area contributed by atoms with E-state index < -0.39 is 10.0 Å². The molecule has 0 aliphatic carbocycles. The number of halogens is 1. The van der Waals surface area contributed by atoms with Crippen molar-refractivity contribution >= 4 is 10.0 Å². The van der Waals surface area contributed by atoms with E-state index in [-0.39, 0.29) is 31.2 Å². The van der Waals surface area contributed by atoms with Gasteiger partial charge in [-0.1, -0.05) is 12.1 Å². The average molecular weight is 503 g/mol. The molecule has 2 aromatic rings. The summed E-state index contributed by atoms with van der Waals surface area (Å²) in [6.45, 7) is 5.32. The highest BCUT2D eigenvalue weighted by atomic mass is 32.2. The van der Waals surface area contributed by atoms with Crippen LogP contribution in [0.2, 0.25) is 0 Å². The molecule has 0 N–H and O–H groups in total. The standard InChI is InChI=1S/C25H31FN4O4S/c1-35(31,32)30(12-13-33-23-8-4-20(14-27)5-9-23)11-10-28-16-24-18-29(19-25(17-28)34-24)15-21-2-6-22(26)7-3-21/h2-9,24-25H,10-13,15-19H2,1H3. The largest absolute Gasteiger partial charge is 0.492 e. The Bertz CT molecular complexity index is 1110. The Balaban J connectivity index is 1.24. The molecule has 10 heteroatoms. The van der Waals surface area contributed by atoms with Gasteiger partial charge < -0.3 is 9.47 Å². The first-order valence-corrected chi connectivity index (χ1v) is 13.6. The number of fused-ring (bicyclic) bond motifs is 2. The number of hydrogen-bond donors (Lipinski definition) is 0. The van der Waals surface area contributed by atoms with Crippen molar-refractivity contribution in [2.24, 2.45) is 0 Å². The molecule has 2 aromatic carbocycles. The van der Waals surface area contributed by atoms with Crippen molar-refractivity contribution in [3.8, 4) is 11.8 Å². The maximum atomic E-state index is 13.2. The Hall–Kier alpha value is -2.55. The molecule has 4 rings (SSSR count). The fraction of sp³-hybridized carbons (Fsp3) is 0.480. The number of nitriles is 1. The molecule has 0 aromatic heterocycles. The van der Waals surface area contributed by atoms with Crippen LogP contribution in [0.4, 0.5) is 4.39 Å². The quantitative estimate of drug-likeness (QED) is 0.491. The number of hydrogen-bond acceptors (Lipinski definition) is 7. The predicted octanol–water partition coefficient (Wildman–Crippen LogP) is 1.92. The Kier molecular flexibility index (Phi) is 8.36. The maximum Gasteiger partial charge on any atom is 0.211 e. The second kappa shape index (κ2) is 11.5. The first-order chi connectivity index (χ1) is 16.8.